The summed E-state index contributed by atoms with van der Waals surface area (Å²) in [6.45, 7) is 3.04. The van der Waals surface area contributed by atoms with Crippen LogP contribution < -0.4 is 0 Å². The van der Waals surface area contributed by atoms with E-state index in [1.54, 1.807) is 6.07 Å². The van der Waals surface area contributed by atoms with Crippen LogP contribution >= 0.6 is 23.2 Å². The van der Waals surface area contributed by atoms with Crippen molar-refractivity contribution in [2.24, 2.45) is 0 Å². The summed E-state index contributed by atoms with van der Waals surface area (Å²) in [5.41, 5.74) is 1.04. The Morgan fingerprint density at radius 2 is 2.06 bits per heavy atom. The third-order valence-corrected chi connectivity index (χ3v) is 3.85. The lowest BCUT2D eigenvalue weighted by Gasteiger charge is -2.35. The predicted molar refractivity (Wildman–Crippen MR) is 73.2 cm³/mol. The van der Waals surface area contributed by atoms with Gasteiger partial charge < -0.3 is 4.90 Å². The summed E-state index contributed by atoms with van der Waals surface area (Å²) < 4.78 is 0. The summed E-state index contributed by atoms with van der Waals surface area (Å²) >= 11 is 12.1. The van der Waals surface area contributed by atoms with E-state index < -0.39 is 0 Å². The highest BCUT2D eigenvalue weighted by Gasteiger charge is 2.22. The molecule has 1 aliphatic heterocycles. The standard InChI is InChI=1S/C13H16Cl2N2/c1-9(17-7-3-2-4-13(17)16)11-6-5-10(14)8-12(11)15/h5-6,8-9,16H,2-4,7H2,1H3. The van der Waals surface area contributed by atoms with Crippen LogP contribution in [0.1, 0.15) is 37.8 Å². The van der Waals surface area contributed by atoms with Gasteiger partial charge in [0.1, 0.15) is 0 Å². The number of nitrogens with one attached hydrogen (secondary N) is 1. The van der Waals surface area contributed by atoms with Crippen molar-refractivity contribution >= 4 is 29.0 Å². The van der Waals surface area contributed by atoms with E-state index >= 15 is 0 Å². The lowest BCUT2D eigenvalue weighted by molar-refractivity contribution is 0.299. The molecule has 1 N–H and O–H groups in total. The first-order valence-electron chi connectivity index (χ1n) is 5.88. The molecule has 0 aromatic heterocycles. The Balaban J connectivity index is 2.23. The van der Waals surface area contributed by atoms with Crippen molar-refractivity contribution in [3.8, 4) is 0 Å². The number of likely N-dealkylation sites (tertiary alicyclic amines) is 1. The van der Waals surface area contributed by atoms with Crippen molar-refractivity contribution in [2.75, 3.05) is 6.54 Å². The SMILES string of the molecule is CC(c1ccc(Cl)cc1Cl)N1CCCCC1=N. The molecule has 1 aromatic rings. The molecule has 1 fully saturated rings. The highest BCUT2D eigenvalue weighted by atomic mass is 35.5. The molecule has 1 unspecified atom stereocenters. The molecule has 4 heteroatoms. The number of hydrogen-bond acceptors (Lipinski definition) is 1. The largest absolute Gasteiger partial charge is 0.354 e. The van der Waals surface area contributed by atoms with Gasteiger partial charge in [0.05, 0.1) is 11.9 Å². The van der Waals surface area contributed by atoms with E-state index in [1.807, 2.05) is 12.1 Å². The van der Waals surface area contributed by atoms with Gasteiger partial charge in [-0.1, -0.05) is 29.3 Å². The number of hydrogen-bond donors (Lipinski definition) is 1. The van der Waals surface area contributed by atoms with Crippen LogP contribution in [0.15, 0.2) is 18.2 Å². The smallest absolute Gasteiger partial charge is 0.0962 e. The summed E-state index contributed by atoms with van der Waals surface area (Å²) in [7, 11) is 0. The maximum absolute atomic E-state index is 8.00. The molecule has 1 aliphatic rings. The summed E-state index contributed by atoms with van der Waals surface area (Å²) in [6.07, 6.45) is 3.14. The van der Waals surface area contributed by atoms with E-state index in [1.165, 1.54) is 0 Å². The molecule has 0 amide bonds. The van der Waals surface area contributed by atoms with Crippen LogP contribution in [0, 0.1) is 5.41 Å². The normalized spacial score (nSPS) is 18.3. The van der Waals surface area contributed by atoms with Crippen molar-refractivity contribution in [2.45, 2.75) is 32.2 Å². The fourth-order valence-corrected chi connectivity index (χ4v) is 2.86. The maximum atomic E-state index is 8.00. The van der Waals surface area contributed by atoms with Crippen molar-refractivity contribution in [1.82, 2.24) is 4.90 Å². The molecule has 17 heavy (non-hydrogen) atoms. The second kappa shape index (κ2) is 5.28. The Morgan fingerprint density at radius 3 is 2.71 bits per heavy atom. The molecular weight excluding hydrogens is 255 g/mol. The van der Waals surface area contributed by atoms with Crippen LogP contribution in [0.4, 0.5) is 0 Å². The first-order chi connectivity index (χ1) is 8.09. The van der Waals surface area contributed by atoms with Gasteiger partial charge in [-0.05, 0) is 37.5 Å². The molecule has 1 aromatic carbocycles. The zero-order valence-electron chi connectivity index (χ0n) is 9.84. The number of halogens is 2. The lowest BCUT2D eigenvalue weighted by atomic mass is 10.0. The average Bonchev–Trinajstić information content (AvgIpc) is 2.29. The Morgan fingerprint density at radius 1 is 1.29 bits per heavy atom. The summed E-state index contributed by atoms with van der Waals surface area (Å²) in [4.78, 5) is 2.12. The molecule has 1 heterocycles. The minimum Gasteiger partial charge on any atom is -0.354 e. The zero-order chi connectivity index (χ0) is 12.4. The van der Waals surface area contributed by atoms with Crippen LogP contribution in [0.3, 0.4) is 0 Å². The topological polar surface area (TPSA) is 27.1 Å². The first kappa shape index (κ1) is 12.7. The highest BCUT2D eigenvalue weighted by Crippen LogP contribution is 2.31. The van der Waals surface area contributed by atoms with Gasteiger partial charge in [0, 0.05) is 23.0 Å². The Kier molecular flexibility index (Phi) is 3.95. The monoisotopic (exact) mass is 270 g/mol. The van der Waals surface area contributed by atoms with Crippen LogP contribution in [-0.2, 0) is 0 Å². The van der Waals surface area contributed by atoms with Crippen LogP contribution in [0.5, 0.6) is 0 Å². The predicted octanol–water partition coefficient (Wildman–Crippen LogP) is 4.52. The summed E-state index contributed by atoms with van der Waals surface area (Å²) in [6, 6.07) is 5.72. The van der Waals surface area contributed by atoms with Crippen LogP contribution in [0.2, 0.25) is 10.0 Å². The molecular formula is C13H16Cl2N2. The minimum atomic E-state index is 0.146. The van der Waals surface area contributed by atoms with Gasteiger partial charge >= 0.3 is 0 Å². The van der Waals surface area contributed by atoms with Crippen molar-refractivity contribution < 1.29 is 0 Å². The van der Waals surface area contributed by atoms with Gasteiger partial charge in [-0.15, -0.1) is 0 Å². The van der Waals surface area contributed by atoms with Gasteiger partial charge in [0.15, 0.2) is 0 Å². The first-order valence-corrected chi connectivity index (χ1v) is 6.64. The molecule has 0 spiro atoms. The number of benzene rings is 1. The van der Waals surface area contributed by atoms with E-state index in [0.717, 1.165) is 37.2 Å². The van der Waals surface area contributed by atoms with E-state index in [9.17, 15) is 0 Å². The van der Waals surface area contributed by atoms with E-state index in [2.05, 4.69) is 11.8 Å². The maximum Gasteiger partial charge on any atom is 0.0962 e. The molecule has 2 rings (SSSR count). The second-order valence-electron chi connectivity index (χ2n) is 4.44. The zero-order valence-corrected chi connectivity index (χ0v) is 11.4. The van der Waals surface area contributed by atoms with Crippen LogP contribution in [-0.4, -0.2) is 17.3 Å². The van der Waals surface area contributed by atoms with Gasteiger partial charge in [0.25, 0.3) is 0 Å². The van der Waals surface area contributed by atoms with Crippen molar-refractivity contribution in [1.29, 1.82) is 5.41 Å². The third-order valence-electron chi connectivity index (χ3n) is 3.29. The molecule has 1 saturated heterocycles. The van der Waals surface area contributed by atoms with Gasteiger partial charge in [-0.3, -0.25) is 5.41 Å². The van der Waals surface area contributed by atoms with E-state index in [4.69, 9.17) is 28.6 Å². The van der Waals surface area contributed by atoms with E-state index in [0.29, 0.717) is 10.0 Å². The molecule has 2 nitrogen and oxygen atoms in total. The number of piperidine rings is 1. The molecule has 0 saturated carbocycles. The quantitative estimate of drug-likeness (QED) is 0.841. The fraction of sp³-hybridized carbons (Fsp3) is 0.462. The number of rotatable bonds is 2. The van der Waals surface area contributed by atoms with Gasteiger partial charge in [-0.25, -0.2) is 0 Å². The third kappa shape index (κ3) is 2.75. The number of nitrogens with zero attached hydrogens (tertiary/aromatic N) is 1. The minimum absolute atomic E-state index is 0.146. The molecule has 0 bridgehead atoms. The van der Waals surface area contributed by atoms with Gasteiger partial charge in [0.2, 0.25) is 0 Å². The highest BCUT2D eigenvalue weighted by molar-refractivity contribution is 6.35. The molecule has 1 atom stereocenters. The Hall–Kier alpha value is -0.730. The van der Waals surface area contributed by atoms with E-state index in [-0.39, 0.29) is 6.04 Å². The fourth-order valence-electron chi connectivity index (χ4n) is 2.29. The molecule has 0 aliphatic carbocycles. The summed E-state index contributed by atoms with van der Waals surface area (Å²) in [5, 5.41) is 9.33. The van der Waals surface area contributed by atoms with Gasteiger partial charge in [-0.2, -0.15) is 0 Å². The molecule has 92 valence electrons. The van der Waals surface area contributed by atoms with Crippen molar-refractivity contribution in [3.05, 3.63) is 33.8 Å². The summed E-state index contributed by atoms with van der Waals surface area (Å²) in [5.74, 6) is 0.717. The Labute approximate surface area is 112 Å². The molecule has 0 radical (unpaired) electrons. The average molecular weight is 271 g/mol. The number of amidine groups is 1. The van der Waals surface area contributed by atoms with Crippen molar-refractivity contribution in [3.63, 3.8) is 0 Å². The van der Waals surface area contributed by atoms with Crippen LogP contribution in [0.25, 0.3) is 0 Å². The second-order valence-corrected chi connectivity index (χ2v) is 5.28. The Bertz CT molecular complexity index is 431. The lowest BCUT2D eigenvalue weighted by Crippen LogP contribution is -2.36.